The predicted molar refractivity (Wildman–Crippen MR) is 131 cm³/mol. The van der Waals surface area contributed by atoms with E-state index in [1.807, 2.05) is 49.6 Å². The number of fused-ring (bicyclic) bond motifs is 1. The summed E-state index contributed by atoms with van der Waals surface area (Å²) in [7, 11) is 5.25. The molecule has 1 aliphatic rings. The smallest absolute Gasteiger partial charge is 0.147 e. The molecule has 1 unspecified atom stereocenters. The molecule has 0 amide bonds. The monoisotopic (exact) mass is 459 g/mol. The number of methoxy groups -OCH3 is 2. The van der Waals surface area contributed by atoms with E-state index in [-0.39, 0.29) is 5.75 Å². The third-order valence-electron chi connectivity index (χ3n) is 6.56. The van der Waals surface area contributed by atoms with Gasteiger partial charge in [0.25, 0.3) is 0 Å². The zero-order chi connectivity index (χ0) is 23.8. The first-order valence-electron chi connectivity index (χ1n) is 11.4. The fraction of sp³-hybridized carbons (Fsp3) is 0.346. The molecular formula is C26H29N5O3. The molecule has 1 fully saturated rings. The zero-order valence-corrected chi connectivity index (χ0v) is 19.9. The Morgan fingerprint density at radius 1 is 1.06 bits per heavy atom. The number of nitrogens with zero attached hydrogens (tertiary/aromatic N) is 5. The first kappa shape index (κ1) is 22.3. The summed E-state index contributed by atoms with van der Waals surface area (Å²) in [5.74, 6) is 1.24. The highest BCUT2D eigenvalue weighted by Gasteiger charge is 2.32. The Morgan fingerprint density at radius 3 is 2.56 bits per heavy atom. The van der Waals surface area contributed by atoms with Gasteiger partial charge < -0.3 is 14.6 Å². The van der Waals surface area contributed by atoms with Crippen molar-refractivity contribution in [3.05, 3.63) is 54.4 Å². The Hall–Kier alpha value is -3.49. The fourth-order valence-corrected chi connectivity index (χ4v) is 4.58. The first-order valence-corrected chi connectivity index (χ1v) is 11.4. The maximum atomic E-state index is 10.8. The minimum atomic E-state index is 0.160. The van der Waals surface area contributed by atoms with Gasteiger partial charge in [0.1, 0.15) is 17.0 Å². The molecule has 176 valence electrons. The van der Waals surface area contributed by atoms with Gasteiger partial charge in [0.15, 0.2) is 0 Å². The third kappa shape index (κ3) is 4.10. The second-order valence-corrected chi connectivity index (χ2v) is 8.95. The third-order valence-corrected chi connectivity index (χ3v) is 6.56. The van der Waals surface area contributed by atoms with Gasteiger partial charge in [0, 0.05) is 56.4 Å². The lowest BCUT2D eigenvalue weighted by molar-refractivity contribution is 0.0443. The molecule has 2 aromatic heterocycles. The summed E-state index contributed by atoms with van der Waals surface area (Å²) in [6.07, 6.45) is 1.95. The van der Waals surface area contributed by atoms with Crippen molar-refractivity contribution >= 4 is 10.9 Å². The molecule has 8 nitrogen and oxygen atoms in total. The number of phenolic OH excluding ortho intramolecular Hbond substituents is 1. The highest BCUT2D eigenvalue weighted by molar-refractivity contribution is 5.90. The van der Waals surface area contributed by atoms with Gasteiger partial charge in [0.2, 0.25) is 0 Å². The van der Waals surface area contributed by atoms with Crippen LogP contribution in [0.5, 0.6) is 11.5 Å². The van der Waals surface area contributed by atoms with E-state index in [0.29, 0.717) is 29.0 Å². The molecule has 8 heteroatoms. The van der Waals surface area contributed by atoms with Crippen LogP contribution in [0, 0.1) is 0 Å². The van der Waals surface area contributed by atoms with Crippen molar-refractivity contribution in [1.82, 2.24) is 24.9 Å². The lowest BCUT2D eigenvalue weighted by atomic mass is 9.94. The molecule has 34 heavy (non-hydrogen) atoms. The van der Waals surface area contributed by atoms with E-state index in [9.17, 15) is 5.11 Å². The number of ether oxygens (including phenoxy) is 2. The van der Waals surface area contributed by atoms with Crippen LogP contribution in [0.15, 0.2) is 48.7 Å². The number of likely N-dealkylation sites (tertiary alicyclic amines) is 1. The number of aromatic nitrogens is 4. The normalized spacial score (nSPS) is 15.4. The Morgan fingerprint density at radius 2 is 1.88 bits per heavy atom. The van der Waals surface area contributed by atoms with Crippen molar-refractivity contribution in [1.29, 1.82) is 0 Å². The lowest BCUT2D eigenvalue weighted by Crippen LogP contribution is -2.51. The van der Waals surface area contributed by atoms with E-state index in [4.69, 9.17) is 9.47 Å². The number of phenols is 1. The van der Waals surface area contributed by atoms with E-state index in [0.717, 1.165) is 47.4 Å². The summed E-state index contributed by atoms with van der Waals surface area (Å²) in [5.41, 5.74) is 4.93. The molecule has 0 radical (unpaired) electrons. The number of aromatic hydroxyl groups is 1. The Kier molecular flexibility index (Phi) is 5.93. The van der Waals surface area contributed by atoms with Crippen molar-refractivity contribution < 1.29 is 14.6 Å². The van der Waals surface area contributed by atoms with Crippen LogP contribution in [-0.4, -0.2) is 69.9 Å². The SMILES string of the molecule is COCC(C)N1CC(c2ccc(-c3ccc(-c4cc(OC)c5nn(C)cc5c4)cc3O)nn2)C1. The Labute approximate surface area is 198 Å². The average Bonchev–Trinajstić information content (AvgIpc) is 3.18. The maximum absolute atomic E-state index is 10.8. The van der Waals surface area contributed by atoms with Gasteiger partial charge in [-0.15, -0.1) is 0 Å². The highest BCUT2D eigenvalue weighted by Crippen LogP contribution is 2.36. The van der Waals surface area contributed by atoms with Gasteiger partial charge in [-0.05, 0) is 54.4 Å². The van der Waals surface area contributed by atoms with Crippen LogP contribution in [0.25, 0.3) is 33.3 Å². The van der Waals surface area contributed by atoms with E-state index < -0.39 is 0 Å². The van der Waals surface area contributed by atoms with Crippen molar-refractivity contribution in [2.24, 2.45) is 7.05 Å². The molecule has 4 aromatic rings. The van der Waals surface area contributed by atoms with Crippen LogP contribution in [-0.2, 0) is 11.8 Å². The molecule has 0 aliphatic carbocycles. The van der Waals surface area contributed by atoms with Crippen molar-refractivity contribution in [3.8, 4) is 33.9 Å². The molecule has 1 N–H and O–H groups in total. The summed E-state index contributed by atoms with van der Waals surface area (Å²) in [6.45, 7) is 4.83. The molecule has 1 aliphatic heterocycles. The van der Waals surface area contributed by atoms with Crippen LogP contribution in [0.3, 0.4) is 0 Å². The summed E-state index contributed by atoms with van der Waals surface area (Å²) in [4.78, 5) is 2.38. The second kappa shape index (κ2) is 9.04. The fourth-order valence-electron chi connectivity index (χ4n) is 4.58. The molecule has 0 saturated carbocycles. The quantitative estimate of drug-likeness (QED) is 0.449. The zero-order valence-electron chi connectivity index (χ0n) is 19.9. The van der Waals surface area contributed by atoms with Crippen LogP contribution in [0.4, 0.5) is 0 Å². The van der Waals surface area contributed by atoms with E-state index in [1.165, 1.54) is 0 Å². The molecule has 0 bridgehead atoms. The van der Waals surface area contributed by atoms with Crippen LogP contribution in [0.1, 0.15) is 18.5 Å². The van der Waals surface area contributed by atoms with Crippen molar-refractivity contribution in [3.63, 3.8) is 0 Å². The van der Waals surface area contributed by atoms with Gasteiger partial charge in [-0.2, -0.15) is 15.3 Å². The second-order valence-electron chi connectivity index (χ2n) is 8.95. The van der Waals surface area contributed by atoms with Gasteiger partial charge in [0.05, 0.1) is 25.1 Å². The molecule has 5 rings (SSSR count). The minimum absolute atomic E-state index is 0.160. The van der Waals surface area contributed by atoms with Crippen LogP contribution < -0.4 is 4.74 Å². The largest absolute Gasteiger partial charge is 0.507 e. The summed E-state index contributed by atoms with van der Waals surface area (Å²) in [6, 6.07) is 13.9. The molecule has 2 aromatic carbocycles. The Bertz CT molecular complexity index is 1310. The molecule has 1 atom stereocenters. The van der Waals surface area contributed by atoms with Crippen molar-refractivity contribution in [2.75, 3.05) is 33.9 Å². The van der Waals surface area contributed by atoms with E-state index in [2.05, 4.69) is 27.1 Å². The highest BCUT2D eigenvalue weighted by atomic mass is 16.5. The number of aryl methyl sites for hydroxylation is 1. The van der Waals surface area contributed by atoms with Gasteiger partial charge in [-0.25, -0.2) is 0 Å². The average molecular weight is 460 g/mol. The number of benzene rings is 2. The molecular weight excluding hydrogens is 430 g/mol. The molecule has 0 spiro atoms. The van der Waals surface area contributed by atoms with Gasteiger partial charge in [-0.1, -0.05) is 6.07 Å². The summed E-state index contributed by atoms with van der Waals surface area (Å²) >= 11 is 0. The predicted octanol–water partition coefficient (Wildman–Crippen LogP) is 3.85. The first-order chi connectivity index (χ1) is 16.5. The maximum Gasteiger partial charge on any atom is 0.147 e. The number of hydrogen-bond acceptors (Lipinski definition) is 7. The van der Waals surface area contributed by atoms with Crippen molar-refractivity contribution in [2.45, 2.75) is 18.9 Å². The molecule has 3 heterocycles. The number of hydrogen-bond donors (Lipinski definition) is 1. The minimum Gasteiger partial charge on any atom is -0.507 e. The lowest BCUT2D eigenvalue weighted by Gasteiger charge is -2.42. The van der Waals surface area contributed by atoms with Crippen LogP contribution >= 0.6 is 0 Å². The van der Waals surface area contributed by atoms with Gasteiger partial charge >= 0.3 is 0 Å². The summed E-state index contributed by atoms with van der Waals surface area (Å²) < 4.78 is 12.5. The Balaban J connectivity index is 1.35. The topological polar surface area (TPSA) is 85.5 Å². The van der Waals surface area contributed by atoms with Crippen LogP contribution in [0.2, 0.25) is 0 Å². The van der Waals surface area contributed by atoms with Gasteiger partial charge in [-0.3, -0.25) is 9.58 Å². The molecule has 1 saturated heterocycles. The van der Waals surface area contributed by atoms with E-state index in [1.54, 1.807) is 25.0 Å². The van der Waals surface area contributed by atoms with E-state index >= 15 is 0 Å². The summed E-state index contributed by atoms with van der Waals surface area (Å²) in [5, 5.41) is 25.1. The standard InChI is InChI=1S/C26H29N5O3/c1-16(15-33-3)31-13-20(14-31)22-7-8-23(28-27-22)21-6-5-17(10-24(21)32)18-9-19-12-30(2)29-26(19)25(11-18)34-4/h5-12,16,20,32H,13-15H2,1-4H3. The number of rotatable bonds is 7.